The lowest BCUT2D eigenvalue weighted by Crippen LogP contribution is -2.39. The van der Waals surface area contributed by atoms with Gasteiger partial charge < -0.3 is 21.1 Å². The van der Waals surface area contributed by atoms with Crippen molar-refractivity contribution >= 4 is 22.9 Å². The number of benzene rings is 1. The minimum Gasteiger partial charge on any atom is -0.465 e. The highest BCUT2D eigenvalue weighted by atomic mass is 16.4. The van der Waals surface area contributed by atoms with Gasteiger partial charge in [0.2, 0.25) is 0 Å². The van der Waals surface area contributed by atoms with Gasteiger partial charge in [0.15, 0.2) is 5.69 Å². The Morgan fingerprint density at radius 2 is 2.12 bits per heavy atom. The van der Waals surface area contributed by atoms with Crippen LogP contribution in [0.15, 0.2) is 24.3 Å². The van der Waals surface area contributed by atoms with Crippen molar-refractivity contribution in [2.24, 2.45) is 5.73 Å². The molecule has 0 aliphatic carbocycles. The van der Waals surface area contributed by atoms with Crippen LogP contribution < -0.4 is 11.1 Å². The monoisotopic (exact) mass is 359 g/mol. The number of para-hydroxylation sites is 1. The molecule has 1 aliphatic rings. The molecule has 1 aromatic heterocycles. The number of carbonyl (C=O) groups is 2. The van der Waals surface area contributed by atoms with E-state index in [4.69, 9.17) is 5.73 Å². The van der Waals surface area contributed by atoms with E-state index < -0.39 is 6.09 Å². The van der Waals surface area contributed by atoms with Crippen molar-refractivity contribution in [1.29, 1.82) is 0 Å². The zero-order valence-corrected chi connectivity index (χ0v) is 15.1. The van der Waals surface area contributed by atoms with Crippen molar-refractivity contribution in [2.45, 2.75) is 44.8 Å². The van der Waals surface area contributed by atoms with Crippen LogP contribution in [-0.2, 0) is 0 Å². The summed E-state index contributed by atoms with van der Waals surface area (Å²) in [5.74, 6) is -0.274. The number of fused-ring (bicyclic) bond motifs is 1. The van der Waals surface area contributed by atoms with Gasteiger partial charge in [-0.05, 0) is 39.3 Å². The summed E-state index contributed by atoms with van der Waals surface area (Å²) in [6, 6.07) is 7.35. The largest absolute Gasteiger partial charge is 0.465 e. The zero-order valence-electron chi connectivity index (χ0n) is 15.1. The number of hydrogen-bond acceptors (Lipinski definition) is 4. The highest BCUT2D eigenvalue weighted by Crippen LogP contribution is 2.24. The molecule has 8 heteroatoms. The lowest BCUT2D eigenvalue weighted by molar-refractivity contribution is 0.0931. The molecule has 2 atom stereocenters. The normalized spacial score (nSPS) is 20.1. The molecule has 0 saturated carbocycles. The Kier molecular flexibility index (Phi) is 5.13. The van der Waals surface area contributed by atoms with Gasteiger partial charge in [0.1, 0.15) is 0 Å². The third-order valence-corrected chi connectivity index (χ3v) is 4.81. The summed E-state index contributed by atoms with van der Waals surface area (Å²) in [6.07, 6.45) is 0.177. The number of carbonyl (C=O) groups excluding carboxylic acids is 1. The Balaban J connectivity index is 1.81. The van der Waals surface area contributed by atoms with Gasteiger partial charge in [-0.1, -0.05) is 18.2 Å². The van der Waals surface area contributed by atoms with Crippen molar-refractivity contribution < 1.29 is 14.7 Å². The molecule has 0 radical (unpaired) electrons. The second kappa shape index (κ2) is 7.33. The average Bonchev–Trinajstić information content (AvgIpc) is 3.17. The van der Waals surface area contributed by atoms with Crippen LogP contribution >= 0.6 is 0 Å². The summed E-state index contributed by atoms with van der Waals surface area (Å²) >= 11 is 0. The molecule has 0 unspecified atom stereocenters. The smallest absolute Gasteiger partial charge is 0.407 e. The number of rotatable bonds is 5. The van der Waals surface area contributed by atoms with Gasteiger partial charge in [0, 0.05) is 30.1 Å². The van der Waals surface area contributed by atoms with Crippen LogP contribution in [0, 0.1) is 0 Å². The first-order chi connectivity index (χ1) is 12.4. The molecular weight excluding hydrogens is 334 g/mol. The van der Waals surface area contributed by atoms with Crippen molar-refractivity contribution in [3.8, 4) is 0 Å². The summed E-state index contributed by atoms with van der Waals surface area (Å²) < 4.78 is 1.83. The first-order valence-electron chi connectivity index (χ1n) is 8.90. The number of aromatic nitrogens is 2. The minimum atomic E-state index is -0.977. The molecule has 2 aromatic rings. The maximum atomic E-state index is 12.8. The summed E-state index contributed by atoms with van der Waals surface area (Å²) in [6.45, 7) is 4.72. The number of hydrogen-bond donors (Lipinski definition) is 3. The number of nitrogens with zero attached hydrogens (tertiary/aromatic N) is 3. The number of likely N-dealkylation sites (tertiary alicyclic amines) is 1. The molecule has 2 heterocycles. The third kappa shape index (κ3) is 3.37. The Hall–Kier alpha value is -2.61. The number of carboxylic acid groups (broad SMARTS) is 1. The van der Waals surface area contributed by atoms with Crippen molar-refractivity contribution in [3.63, 3.8) is 0 Å². The van der Waals surface area contributed by atoms with Crippen molar-refractivity contribution in [1.82, 2.24) is 20.0 Å². The molecule has 2 amide bonds. The second-order valence-electron chi connectivity index (χ2n) is 6.98. The summed E-state index contributed by atoms with van der Waals surface area (Å²) in [5, 5.41) is 17.6. The predicted octanol–water partition coefficient (Wildman–Crippen LogP) is 1.82. The van der Waals surface area contributed by atoms with E-state index in [1.54, 1.807) is 0 Å². The lowest BCUT2D eigenvalue weighted by atomic mass is 10.1. The fourth-order valence-electron chi connectivity index (χ4n) is 3.63. The van der Waals surface area contributed by atoms with Gasteiger partial charge in [-0.25, -0.2) is 4.79 Å². The van der Waals surface area contributed by atoms with Gasteiger partial charge in [-0.15, -0.1) is 0 Å². The van der Waals surface area contributed by atoms with Crippen molar-refractivity contribution in [3.05, 3.63) is 30.0 Å². The van der Waals surface area contributed by atoms with Crippen LogP contribution in [0.5, 0.6) is 0 Å². The molecular formula is C18H25N5O3. The van der Waals surface area contributed by atoms with Gasteiger partial charge in [-0.3, -0.25) is 9.48 Å². The quantitative estimate of drug-likeness (QED) is 0.753. The molecule has 1 aromatic carbocycles. The van der Waals surface area contributed by atoms with E-state index in [1.807, 2.05) is 42.8 Å². The maximum absolute atomic E-state index is 12.8. The van der Waals surface area contributed by atoms with Crippen molar-refractivity contribution in [2.75, 3.05) is 13.1 Å². The highest BCUT2D eigenvalue weighted by Gasteiger charge is 2.36. The predicted molar refractivity (Wildman–Crippen MR) is 98.2 cm³/mol. The number of nitrogens with two attached hydrogens (primary N) is 1. The third-order valence-electron chi connectivity index (χ3n) is 4.81. The number of nitrogens with one attached hydrogen (secondary N) is 1. The molecule has 1 saturated heterocycles. The zero-order chi connectivity index (χ0) is 18.8. The first-order valence-corrected chi connectivity index (χ1v) is 8.90. The Morgan fingerprint density at radius 1 is 1.38 bits per heavy atom. The Labute approximate surface area is 151 Å². The van der Waals surface area contributed by atoms with Crippen LogP contribution in [0.1, 0.15) is 43.2 Å². The fraction of sp³-hybridized carbons (Fsp3) is 0.500. The average molecular weight is 359 g/mol. The second-order valence-corrected chi connectivity index (χ2v) is 6.98. The van der Waals surface area contributed by atoms with Crippen LogP contribution in [0.3, 0.4) is 0 Å². The van der Waals surface area contributed by atoms with E-state index in [9.17, 15) is 14.7 Å². The number of amides is 2. The fourth-order valence-corrected chi connectivity index (χ4v) is 3.63. The highest BCUT2D eigenvalue weighted by molar-refractivity contribution is 6.05. The molecule has 4 N–H and O–H groups in total. The summed E-state index contributed by atoms with van der Waals surface area (Å²) in [7, 11) is 0. The van der Waals surface area contributed by atoms with Gasteiger partial charge in [-0.2, -0.15) is 5.10 Å². The molecule has 3 rings (SSSR count). The molecule has 8 nitrogen and oxygen atoms in total. The molecule has 140 valence electrons. The van der Waals surface area contributed by atoms with Gasteiger partial charge in [0.05, 0.1) is 5.52 Å². The van der Waals surface area contributed by atoms with E-state index in [2.05, 4.69) is 10.4 Å². The first kappa shape index (κ1) is 18.2. The molecule has 0 bridgehead atoms. The SMILES string of the molecule is CC(C)n1nc(C(=O)N[C@H]2C[C@@H](CCN)N(C(=O)O)C2)c2ccccc21. The Morgan fingerprint density at radius 3 is 2.77 bits per heavy atom. The van der Waals surface area contributed by atoms with E-state index in [0.717, 1.165) is 10.9 Å². The van der Waals surface area contributed by atoms with Crippen LogP contribution in [-0.4, -0.2) is 57.0 Å². The lowest BCUT2D eigenvalue weighted by Gasteiger charge is -2.20. The molecule has 1 fully saturated rings. The maximum Gasteiger partial charge on any atom is 0.407 e. The molecule has 1 aliphatic heterocycles. The standard InChI is InChI=1S/C18H25N5O3/c1-11(2)23-15-6-4-3-5-14(15)16(21-23)17(24)20-12-9-13(7-8-19)22(10-12)18(25)26/h3-6,11-13H,7-10,19H2,1-2H3,(H,20,24)(H,25,26)/t12-,13+/m0/s1. The summed E-state index contributed by atoms with van der Waals surface area (Å²) in [4.78, 5) is 25.6. The van der Waals surface area contributed by atoms with E-state index in [0.29, 0.717) is 25.1 Å². The summed E-state index contributed by atoms with van der Waals surface area (Å²) in [5.41, 5.74) is 6.87. The van der Waals surface area contributed by atoms with E-state index in [-0.39, 0.29) is 30.6 Å². The van der Waals surface area contributed by atoms with Crippen LogP contribution in [0.4, 0.5) is 4.79 Å². The van der Waals surface area contributed by atoms with E-state index in [1.165, 1.54) is 4.90 Å². The Bertz CT molecular complexity index is 816. The van der Waals surface area contributed by atoms with E-state index >= 15 is 0 Å². The molecule has 0 spiro atoms. The van der Waals surface area contributed by atoms with Gasteiger partial charge in [0.25, 0.3) is 5.91 Å². The minimum absolute atomic E-state index is 0.129. The molecule has 26 heavy (non-hydrogen) atoms. The van der Waals surface area contributed by atoms with Gasteiger partial charge >= 0.3 is 6.09 Å². The van der Waals surface area contributed by atoms with Crippen LogP contribution in [0.2, 0.25) is 0 Å². The topological polar surface area (TPSA) is 113 Å². The van der Waals surface area contributed by atoms with Crippen LogP contribution in [0.25, 0.3) is 10.9 Å².